The number of anilines is 1. The maximum absolute atomic E-state index is 11.8. The van der Waals surface area contributed by atoms with E-state index in [1.54, 1.807) is 4.72 Å². The zero-order valence-corrected chi connectivity index (χ0v) is 16.4. The van der Waals surface area contributed by atoms with Gasteiger partial charge in [0.25, 0.3) is 5.91 Å². The van der Waals surface area contributed by atoms with Crippen molar-refractivity contribution in [3.8, 4) is 0 Å². The van der Waals surface area contributed by atoms with Crippen molar-refractivity contribution in [3.63, 3.8) is 0 Å². The summed E-state index contributed by atoms with van der Waals surface area (Å²) >= 11 is 5.79. The van der Waals surface area contributed by atoms with E-state index in [2.05, 4.69) is 19.1 Å². The van der Waals surface area contributed by atoms with Crippen LogP contribution in [0.3, 0.4) is 0 Å². The first-order chi connectivity index (χ1) is 13.5. The van der Waals surface area contributed by atoms with Gasteiger partial charge in [-0.1, -0.05) is 0 Å². The second kappa shape index (κ2) is 7.94. The van der Waals surface area contributed by atoms with E-state index >= 15 is 0 Å². The molecule has 0 saturated carbocycles. The first-order valence-corrected chi connectivity index (χ1v) is 9.92. The Morgan fingerprint density at radius 3 is 2.79 bits per heavy atom. The minimum Gasteiger partial charge on any atom is -0.387 e. The SMILES string of the molecule is CC(N)C(=O)NS(=O)(=O)OCC1OC(n2cnc3c(N)nc(Cl)nc32)C(O)C1O. The van der Waals surface area contributed by atoms with Gasteiger partial charge in [-0.2, -0.15) is 18.4 Å². The van der Waals surface area contributed by atoms with Crippen molar-refractivity contribution in [1.82, 2.24) is 24.2 Å². The molecule has 2 aromatic rings. The van der Waals surface area contributed by atoms with Crippen LogP contribution in [-0.4, -0.2) is 75.0 Å². The van der Waals surface area contributed by atoms with Crippen LogP contribution in [-0.2, 0) is 24.0 Å². The van der Waals surface area contributed by atoms with Crippen LogP contribution in [0.25, 0.3) is 11.2 Å². The highest BCUT2D eigenvalue weighted by molar-refractivity contribution is 7.85. The lowest BCUT2D eigenvalue weighted by molar-refractivity contribution is -0.120. The van der Waals surface area contributed by atoms with Gasteiger partial charge in [-0.05, 0) is 18.5 Å². The number of amides is 1. The largest absolute Gasteiger partial charge is 0.387 e. The number of aromatic nitrogens is 4. The molecule has 0 aromatic carbocycles. The predicted molar refractivity (Wildman–Crippen MR) is 97.3 cm³/mol. The summed E-state index contributed by atoms with van der Waals surface area (Å²) in [4.78, 5) is 23.1. The molecule has 0 bridgehead atoms. The van der Waals surface area contributed by atoms with Gasteiger partial charge in [0.05, 0.1) is 19.0 Å². The number of imidazole rings is 1. The molecule has 0 radical (unpaired) electrons. The Balaban J connectivity index is 1.75. The maximum atomic E-state index is 11.8. The molecule has 7 N–H and O–H groups in total. The van der Waals surface area contributed by atoms with Gasteiger partial charge in [0, 0.05) is 0 Å². The number of aliphatic hydroxyl groups excluding tert-OH is 2. The van der Waals surface area contributed by atoms with E-state index in [0.29, 0.717) is 0 Å². The number of nitrogen functional groups attached to an aromatic ring is 1. The number of fused-ring (bicyclic) bond motifs is 1. The predicted octanol–water partition coefficient (Wildman–Crippen LogP) is -2.59. The second-order valence-electron chi connectivity index (χ2n) is 6.24. The highest BCUT2D eigenvalue weighted by atomic mass is 35.5. The number of halogens is 1. The number of carbonyl (C=O) groups is 1. The minimum absolute atomic E-state index is 0.00244. The molecule has 0 aliphatic carbocycles. The van der Waals surface area contributed by atoms with Gasteiger partial charge in [0.15, 0.2) is 17.7 Å². The molecule has 2 aromatic heterocycles. The molecule has 1 aliphatic heterocycles. The summed E-state index contributed by atoms with van der Waals surface area (Å²) in [5.74, 6) is -0.975. The normalized spacial score (nSPS) is 26.0. The summed E-state index contributed by atoms with van der Waals surface area (Å²) in [5.41, 5.74) is 11.3. The van der Waals surface area contributed by atoms with E-state index in [-0.39, 0.29) is 22.3 Å². The molecular weight excluding hydrogens is 434 g/mol. The molecule has 29 heavy (non-hydrogen) atoms. The molecule has 14 nitrogen and oxygen atoms in total. The first kappa shape index (κ1) is 21.6. The van der Waals surface area contributed by atoms with Crippen LogP contribution in [0.2, 0.25) is 5.28 Å². The van der Waals surface area contributed by atoms with Crippen molar-refractivity contribution in [2.24, 2.45) is 5.73 Å². The van der Waals surface area contributed by atoms with Crippen LogP contribution in [0.1, 0.15) is 13.2 Å². The topological polar surface area (TPSA) is 218 Å². The molecule has 5 atom stereocenters. The zero-order valence-electron chi connectivity index (χ0n) is 14.8. The van der Waals surface area contributed by atoms with Crippen molar-refractivity contribution in [3.05, 3.63) is 11.6 Å². The van der Waals surface area contributed by atoms with Gasteiger partial charge < -0.3 is 26.4 Å². The fourth-order valence-electron chi connectivity index (χ4n) is 2.60. The van der Waals surface area contributed by atoms with Crippen LogP contribution in [0.5, 0.6) is 0 Å². The quantitative estimate of drug-likeness (QED) is 0.285. The van der Waals surface area contributed by atoms with Crippen molar-refractivity contribution < 1.29 is 32.3 Å². The van der Waals surface area contributed by atoms with Crippen LogP contribution < -0.4 is 16.2 Å². The number of hydrogen-bond acceptors (Lipinski definition) is 12. The van der Waals surface area contributed by atoms with Gasteiger partial charge in [-0.25, -0.2) is 9.71 Å². The zero-order chi connectivity index (χ0) is 21.5. The molecule has 1 fully saturated rings. The molecule has 0 spiro atoms. The Bertz CT molecular complexity index is 1030. The van der Waals surface area contributed by atoms with Crippen molar-refractivity contribution >= 4 is 44.8 Å². The van der Waals surface area contributed by atoms with E-state index in [9.17, 15) is 23.4 Å². The van der Waals surface area contributed by atoms with Crippen LogP contribution >= 0.6 is 11.6 Å². The molecular formula is C13H18ClN7O7S. The molecule has 16 heteroatoms. The van der Waals surface area contributed by atoms with Gasteiger partial charge in [-0.3, -0.25) is 13.5 Å². The Labute approximate surface area is 169 Å². The lowest BCUT2D eigenvalue weighted by Crippen LogP contribution is -2.43. The van der Waals surface area contributed by atoms with Gasteiger partial charge >= 0.3 is 10.3 Å². The molecule has 1 aliphatic rings. The first-order valence-electron chi connectivity index (χ1n) is 8.14. The van der Waals surface area contributed by atoms with E-state index in [0.717, 1.165) is 0 Å². The molecule has 5 unspecified atom stereocenters. The molecule has 3 heterocycles. The highest BCUT2D eigenvalue weighted by Crippen LogP contribution is 2.32. The summed E-state index contributed by atoms with van der Waals surface area (Å²) in [5, 5.41) is 20.4. The third kappa shape index (κ3) is 4.40. The number of carbonyl (C=O) groups excluding carboxylic acids is 1. The van der Waals surface area contributed by atoms with Gasteiger partial charge in [-0.15, -0.1) is 0 Å². The molecule has 1 saturated heterocycles. The summed E-state index contributed by atoms with van der Waals surface area (Å²) in [6, 6.07) is -1.08. The second-order valence-corrected chi connectivity index (χ2v) is 7.93. The van der Waals surface area contributed by atoms with E-state index in [1.165, 1.54) is 17.8 Å². The number of nitrogens with zero attached hydrogens (tertiary/aromatic N) is 4. The lowest BCUT2D eigenvalue weighted by atomic mass is 10.1. The summed E-state index contributed by atoms with van der Waals surface area (Å²) in [6.07, 6.45) is -4.22. The fourth-order valence-corrected chi connectivity index (χ4v) is 3.57. The molecule has 3 rings (SSSR count). The summed E-state index contributed by atoms with van der Waals surface area (Å²) < 4.78 is 36.6. The van der Waals surface area contributed by atoms with Crippen molar-refractivity contribution in [1.29, 1.82) is 0 Å². The van der Waals surface area contributed by atoms with E-state index in [1.807, 2.05) is 0 Å². The Morgan fingerprint density at radius 2 is 2.14 bits per heavy atom. The third-order valence-corrected chi connectivity index (χ3v) is 5.13. The standard InChI is InChI=1S/C13H18ClN7O7S/c1-4(15)11(24)20-29(25,26)27-2-5-7(22)8(23)12(28-5)21-3-17-6-9(16)18-13(14)19-10(6)21/h3-5,7-8,12,22-23H,2,15H2,1H3,(H,20,24)(H2,16,18,19). The van der Waals surface area contributed by atoms with E-state index < -0.39 is 53.4 Å². The average Bonchev–Trinajstić information content (AvgIpc) is 3.15. The highest BCUT2D eigenvalue weighted by Gasteiger charge is 2.45. The number of ether oxygens (including phenoxy) is 1. The van der Waals surface area contributed by atoms with Crippen LogP contribution in [0.15, 0.2) is 6.33 Å². The van der Waals surface area contributed by atoms with Gasteiger partial charge in [0.2, 0.25) is 5.28 Å². The van der Waals surface area contributed by atoms with Gasteiger partial charge in [0.1, 0.15) is 23.8 Å². The molecule has 160 valence electrons. The fraction of sp³-hybridized carbons (Fsp3) is 0.538. The number of hydrogen-bond donors (Lipinski definition) is 5. The maximum Gasteiger partial charge on any atom is 0.362 e. The monoisotopic (exact) mass is 451 g/mol. The Morgan fingerprint density at radius 1 is 1.45 bits per heavy atom. The number of nitrogens with one attached hydrogen (secondary N) is 1. The Kier molecular flexibility index (Phi) is 5.91. The Hall–Kier alpha value is -2.14. The summed E-state index contributed by atoms with van der Waals surface area (Å²) in [6.45, 7) is 0.592. The number of nitrogens with two attached hydrogens (primary N) is 2. The molecule has 1 amide bonds. The smallest absolute Gasteiger partial charge is 0.362 e. The van der Waals surface area contributed by atoms with Crippen LogP contribution in [0, 0.1) is 0 Å². The van der Waals surface area contributed by atoms with Crippen molar-refractivity contribution in [2.75, 3.05) is 12.3 Å². The van der Waals surface area contributed by atoms with Crippen molar-refractivity contribution in [2.45, 2.75) is 37.5 Å². The average molecular weight is 452 g/mol. The minimum atomic E-state index is -4.50. The van der Waals surface area contributed by atoms with E-state index in [4.69, 9.17) is 27.8 Å². The number of aliphatic hydroxyl groups is 2. The van der Waals surface area contributed by atoms with Crippen LogP contribution in [0.4, 0.5) is 5.82 Å². The number of rotatable bonds is 6. The summed E-state index contributed by atoms with van der Waals surface area (Å²) in [7, 11) is -4.50. The lowest BCUT2D eigenvalue weighted by Gasteiger charge is -2.16. The third-order valence-electron chi connectivity index (χ3n) is 4.06.